The Morgan fingerprint density at radius 1 is 1.41 bits per heavy atom. The molecule has 0 saturated carbocycles. The molecule has 1 aromatic rings. The average Bonchev–Trinajstić information content (AvgIpc) is 2.77. The second kappa shape index (κ2) is 4.23. The third kappa shape index (κ3) is 2.12. The fourth-order valence-corrected chi connectivity index (χ4v) is 2.43. The number of ether oxygens (including phenoxy) is 2. The molecule has 3 heterocycles. The molecule has 17 heavy (non-hydrogen) atoms. The van der Waals surface area contributed by atoms with E-state index in [0.717, 1.165) is 44.4 Å². The molecule has 92 valence electrons. The van der Waals surface area contributed by atoms with Crippen LogP contribution in [0.3, 0.4) is 0 Å². The monoisotopic (exact) mass is 235 g/mol. The van der Waals surface area contributed by atoms with Crippen molar-refractivity contribution in [1.29, 1.82) is 0 Å². The molecule has 1 unspecified atom stereocenters. The van der Waals surface area contributed by atoms with Gasteiger partial charge in [-0.25, -0.2) is 9.97 Å². The fraction of sp³-hybridized carbons (Fsp3) is 0.667. The lowest BCUT2D eigenvalue weighted by molar-refractivity contribution is -0.0583. The van der Waals surface area contributed by atoms with Gasteiger partial charge in [0, 0.05) is 31.5 Å². The van der Waals surface area contributed by atoms with Crippen LogP contribution in [0.25, 0.3) is 0 Å². The first kappa shape index (κ1) is 10.9. The highest BCUT2D eigenvalue weighted by atomic mass is 16.6. The SMILES string of the molecule is Cc1ccnc(N2CCOC3(CCOC3)C2)n1. The summed E-state index contributed by atoms with van der Waals surface area (Å²) < 4.78 is 11.3. The zero-order valence-electron chi connectivity index (χ0n) is 10.1. The standard InChI is InChI=1S/C12H17N3O2/c1-10-2-4-13-11(14-10)15-5-7-17-12(8-15)3-6-16-9-12/h2,4H,3,5-9H2,1H3. The molecule has 1 spiro atoms. The molecular weight excluding hydrogens is 218 g/mol. The van der Waals surface area contributed by atoms with Crippen molar-refractivity contribution < 1.29 is 9.47 Å². The van der Waals surface area contributed by atoms with Crippen molar-refractivity contribution in [2.75, 3.05) is 37.8 Å². The minimum absolute atomic E-state index is 0.134. The van der Waals surface area contributed by atoms with E-state index in [0.29, 0.717) is 6.61 Å². The topological polar surface area (TPSA) is 47.5 Å². The average molecular weight is 235 g/mol. The van der Waals surface area contributed by atoms with Gasteiger partial charge in [-0.1, -0.05) is 0 Å². The van der Waals surface area contributed by atoms with Crippen LogP contribution in [0.5, 0.6) is 0 Å². The van der Waals surface area contributed by atoms with Gasteiger partial charge in [0.2, 0.25) is 5.95 Å². The summed E-state index contributed by atoms with van der Waals surface area (Å²) in [7, 11) is 0. The molecule has 5 heteroatoms. The van der Waals surface area contributed by atoms with Gasteiger partial charge in [-0.2, -0.15) is 0 Å². The van der Waals surface area contributed by atoms with Gasteiger partial charge in [0.05, 0.1) is 19.8 Å². The van der Waals surface area contributed by atoms with Crippen LogP contribution in [-0.4, -0.2) is 48.5 Å². The molecule has 1 aromatic heterocycles. The molecule has 0 aliphatic carbocycles. The number of aryl methyl sites for hydroxylation is 1. The predicted molar refractivity (Wildman–Crippen MR) is 63.1 cm³/mol. The molecule has 2 aliphatic rings. The van der Waals surface area contributed by atoms with Crippen LogP contribution in [0.2, 0.25) is 0 Å². The van der Waals surface area contributed by atoms with Gasteiger partial charge in [-0.3, -0.25) is 0 Å². The highest BCUT2D eigenvalue weighted by molar-refractivity contribution is 5.32. The summed E-state index contributed by atoms with van der Waals surface area (Å²) in [5.41, 5.74) is 0.865. The zero-order chi connectivity index (χ0) is 11.7. The summed E-state index contributed by atoms with van der Waals surface area (Å²) in [4.78, 5) is 11.0. The van der Waals surface area contributed by atoms with Gasteiger partial charge in [-0.05, 0) is 13.0 Å². The van der Waals surface area contributed by atoms with Gasteiger partial charge < -0.3 is 14.4 Å². The molecule has 2 saturated heterocycles. The summed E-state index contributed by atoms with van der Waals surface area (Å²) in [5, 5.41) is 0. The van der Waals surface area contributed by atoms with E-state index < -0.39 is 0 Å². The lowest BCUT2D eigenvalue weighted by Gasteiger charge is -2.39. The highest BCUT2D eigenvalue weighted by Gasteiger charge is 2.41. The van der Waals surface area contributed by atoms with Crippen molar-refractivity contribution in [3.05, 3.63) is 18.0 Å². The van der Waals surface area contributed by atoms with Gasteiger partial charge in [0.15, 0.2) is 0 Å². The van der Waals surface area contributed by atoms with Gasteiger partial charge >= 0.3 is 0 Å². The van der Waals surface area contributed by atoms with E-state index in [1.54, 1.807) is 0 Å². The summed E-state index contributed by atoms with van der Waals surface area (Å²) in [6.07, 6.45) is 2.78. The fourth-order valence-electron chi connectivity index (χ4n) is 2.43. The molecule has 2 aliphatic heterocycles. The van der Waals surface area contributed by atoms with Crippen LogP contribution in [0, 0.1) is 6.92 Å². The quantitative estimate of drug-likeness (QED) is 0.720. The number of hydrogen-bond donors (Lipinski definition) is 0. The highest BCUT2D eigenvalue weighted by Crippen LogP contribution is 2.28. The minimum atomic E-state index is -0.134. The molecule has 2 fully saturated rings. The lowest BCUT2D eigenvalue weighted by Crippen LogP contribution is -2.53. The first-order chi connectivity index (χ1) is 8.27. The van der Waals surface area contributed by atoms with Crippen LogP contribution >= 0.6 is 0 Å². The van der Waals surface area contributed by atoms with Crippen LogP contribution < -0.4 is 4.90 Å². The first-order valence-corrected chi connectivity index (χ1v) is 6.04. The van der Waals surface area contributed by atoms with E-state index in [-0.39, 0.29) is 5.60 Å². The number of nitrogens with zero attached hydrogens (tertiary/aromatic N) is 3. The maximum absolute atomic E-state index is 5.89. The van der Waals surface area contributed by atoms with Crippen molar-refractivity contribution in [2.45, 2.75) is 18.9 Å². The van der Waals surface area contributed by atoms with Crippen molar-refractivity contribution in [1.82, 2.24) is 9.97 Å². The van der Waals surface area contributed by atoms with Crippen molar-refractivity contribution >= 4 is 5.95 Å². The number of anilines is 1. The third-order valence-corrected chi connectivity index (χ3v) is 3.38. The minimum Gasteiger partial charge on any atom is -0.378 e. The smallest absolute Gasteiger partial charge is 0.225 e. The van der Waals surface area contributed by atoms with E-state index in [2.05, 4.69) is 14.9 Å². The Kier molecular flexibility index (Phi) is 2.72. The summed E-state index contributed by atoms with van der Waals surface area (Å²) in [6.45, 7) is 5.88. The van der Waals surface area contributed by atoms with Crippen molar-refractivity contribution in [3.8, 4) is 0 Å². The number of morpholine rings is 1. The Morgan fingerprint density at radius 2 is 2.35 bits per heavy atom. The molecular formula is C12H17N3O2. The largest absolute Gasteiger partial charge is 0.378 e. The molecule has 0 aromatic carbocycles. The summed E-state index contributed by atoms with van der Waals surface area (Å²) >= 11 is 0. The lowest BCUT2D eigenvalue weighted by atomic mass is 10.0. The Labute approximate surface area is 101 Å². The molecule has 0 bridgehead atoms. The van der Waals surface area contributed by atoms with Crippen molar-refractivity contribution in [2.24, 2.45) is 0 Å². The Bertz CT molecular complexity index is 404. The van der Waals surface area contributed by atoms with Gasteiger partial charge in [-0.15, -0.1) is 0 Å². The van der Waals surface area contributed by atoms with Crippen molar-refractivity contribution in [3.63, 3.8) is 0 Å². The van der Waals surface area contributed by atoms with Crippen LogP contribution in [-0.2, 0) is 9.47 Å². The van der Waals surface area contributed by atoms with E-state index >= 15 is 0 Å². The third-order valence-electron chi connectivity index (χ3n) is 3.38. The first-order valence-electron chi connectivity index (χ1n) is 6.04. The number of hydrogen-bond acceptors (Lipinski definition) is 5. The van der Waals surface area contributed by atoms with E-state index in [1.807, 2.05) is 19.2 Å². The summed E-state index contributed by atoms with van der Waals surface area (Å²) in [6, 6.07) is 1.92. The maximum atomic E-state index is 5.89. The number of rotatable bonds is 1. The second-order valence-electron chi connectivity index (χ2n) is 4.75. The maximum Gasteiger partial charge on any atom is 0.225 e. The number of aromatic nitrogens is 2. The molecule has 0 amide bonds. The molecule has 3 rings (SSSR count). The van der Waals surface area contributed by atoms with E-state index in [1.165, 1.54) is 0 Å². The Morgan fingerprint density at radius 3 is 3.12 bits per heavy atom. The Balaban J connectivity index is 1.79. The molecule has 5 nitrogen and oxygen atoms in total. The van der Waals surface area contributed by atoms with Crippen LogP contribution in [0.15, 0.2) is 12.3 Å². The van der Waals surface area contributed by atoms with Crippen LogP contribution in [0.1, 0.15) is 12.1 Å². The van der Waals surface area contributed by atoms with E-state index in [9.17, 15) is 0 Å². The second-order valence-corrected chi connectivity index (χ2v) is 4.75. The zero-order valence-corrected chi connectivity index (χ0v) is 10.1. The molecule has 0 radical (unpaired) electrons. The normalized spacial score (nSPS) is 28.9. The molecule has 0 N–H and O–H groups in total. The van der Waals surface area contributed by atoms with Gasteiger partial charge in [0.1, 0.15) is 5.60 Å². The predicted octanol–water partition coefficient (Wildman–Crippen LogP) is 0.781. The van der Waals surface area contributed by atoms with Gasteiger partial charge in [0.25, 0.3) is 0 Å². The van der Waals surface area contributed by atoms with Crippen LogP contribution in [0.4, 0.5) is 5.95 Å². The summed E-state index contributed by atoms with van der Waals surface area (Å²) in [5.74, 6) is 0.805. The Hall–Kier alpha value is -1.20. The molecule has 1 atom stereocenters. The van der Waals surface area contributed by atoms with E-state index in [4.69, 9.17) is 9.47 Å².